The fourth-order valence-electron chi connectivity index (χ4n) is 3.25. The molecule has 1 aromatic heterocycles. The molecule has 3 nitrogen and oxygen atoms in total. The molecule has 156 valence electrons. The molecular weight excluding hydrogens is 412 g/mol. The van der Waals surface area contributed by atoms with Gasteiger partial charge in [-0.1, -0.05) is 69.2 Å². The normalized spacial score (nSPS) is 11.6. The van der Waals surface area contributed by atoms with Gasteiger partial charge in [-0.2, -0.15) is 5.26 Å². The standard InChI is InChI=1S/C25H27ClN2OS/c1-2-3-4-5-6-7-10-15-29-21-14-13-19(22(26)17-21)16-20(18-27)25-28-23-11-8-9-12-24(23)30-25/h8-9,11-14,16-17H,2-7,10,15H2,1H3/b20-16-. The van der Waals surface area contributed by atoms with Gasteiger partial charge >= 0.3 is 0 Å². The van der Waals surface area contributed by atoms with Crippen LogP contribution >= 0.6 is 22.9 Å². The van der Waals surface area contributed by atoms with Crippen LogP contribution in [0.2, 0.25) is 5.02 Å². The lowest BCUT2D eigenvalue weighted by Gasteiger charge is -2.08. The number of hydrogen-bond donors (Lipinski definition) is 0. The molecule has 0 saturated carbocycles. The Morgan fingerprint density at radius 1 is 1.10 bits per heavy atom. The molecule has 0 N–H and O–H groups in total. The molecule has 30 heavy (non-hydrogen) atoms. The topological polar surface area (TPSA) is 45.9 Å². The quantitative estimate of drug-likeness (QED) is 0.224. The molecule has 2 aromatic carbocycles. The Morgan fingerprint density at radius 3 is 2.60 bits per heavy atom. The van der Waals surface area contributed by atoms with Crippen molar-refractivity contribution >= 4 is 44.8 Å². The highest BCUT2D eigenvalue weighted by atomic mass is 35.5. The van der Waals surface area contributed by atoms with Crippen LogP contribution in [0.1, 0.15) is 62.4 Å². The Bertz CT molecular complexity index is 1000. The van der Waals surface area contributed by atoms with Crippen LogP contribution in [0.15, 0.2) is 42.5 Å². The molecular formula is C25H27ClN2OS. The molecule has 0 saturated heterocycles. The van der Waals surface area contributed by atoms with Gasteiger partial charge in [0.05, 0.1) is 27.4 Å². The summed E-state index contributed by atoms with van der Waals surface area (Å²) < 4.78 is 6.91. The summed E-state index contributed by atoms with van der Waals surface area (Å²) in [5.41, 5.74) is 2.20. The third-order valence-corrected chi connectivity index (χ3v) is 6.33. The van der Waals surface area contributed by atoms with Crippen molar-refractivity contribution in [1.29, 1.82) is 5.26 Å². The average molecular weight is 439 g/mol. The molecule has 5 heteroatoms. The molecule has 0 aliphatic heterocycles. The molecule has 0 spiro atoms. The first-order valence-corrected chi connectivity index (χ1v) is 11.8. The summed E-state index contributed by atoms with van der Waals surface area (Å²) in [6, 6.07) is 15.8. The number of benzene rings is 2. The van der Waals surface area contributed by atoms with Gasteiger partial charge in [0.1, 0.15) is 16.8 Å². The van der Waals surface area contributed by atoms with Crippen molar-refractivity contribution in [2.24, 2.45) is 0 Å². The number of para-hydroxylation sites is 1. The highest BCUT2D eigenvalue weighted by molar-refractivity contribution is 7.19. The Hall–Kier alpha value is -2.35. The van der Waals surface area contributed by atoms with Gasteiger partial charge in [-0.05, 0) is 48.4 Å². The minimum Gasteiger partial charge on any atom is -0.494 e. The monoisotopic (exact) mass is 438 g/mol. The maximum absolute atomic E-state index is 9.63. The molecule has 0 fully saturated rings. The number of halogens is 1. The number of allylic oxidation sites excluding steroid dienone is 1. The van der Waals surface area contributed by atoms with E-state index in [-0.39, 0.29) is 0 Å². The maximum Gasteiger partial charge on any atom is 0.135 e. The van der Waals surface area contributed by atoms with Gasteiger partial charge in [-0.3, -0.25) is 0 Å². The molecule has 0 atom stereocenters. The molecule has 0 aliphatic rings. The number of hydrogen-bond acceptors (Lipinski definition) is 4. The van der Waals surface area contributed by atoms with Crippen LogP contribution in [-0.4, -0.2) is 11.6 Å². The average Bonchev–Trinajstić information content (AvgIpc) is 3.19. The zero-order valence-electron chi connectivity index (χ0n) is 17.4. The third-order valence-electron chi connectivity index (χ3n) is 4.93. The second-order valence-corrected chi connectivity index (χ2v) is 8.75. The van der Waals surface area contributed by atoms with Crippen molar-refractivity contribution < 1.29 is 4.74 Å². The lowest BCUT2D eigenvalue weighted by Crippen LogP contribution is -1.97. The fraction of sp³-hybridized carbons (Fsp3) is 0.360. The number of fused-ring (bicyclic) bond motifs is 1. The summed E-state index contributed by atoms with van der Waals surface area (Å²) >= 11 is 7.97. The van der Waals surface area contributed by atoms with E-state index in [9.17, 15) is 5.26 Å². The highest BCUT2D eigenvalue weighted by Crippen LogP contribution is 2.30. The summed E-state index contributed by atoms with van der Waals surface area (Å²) in [5, 5.41) is 10.9. The van der Waals surface area contributed by atoms with Crippen LogP contribution in [0.25, 0.3) is 21.9 Å². The van der Waals surface area contributed by atoms with E-state index in [4.69, 9.17) is 16.3 Å². The van der Waals surface area contributed by atoms with Crippen molar-refractivity contribution in [3.05, 3.63) is 58.1 Å². The zero-order valence-corrected chi connectivity index (χ0v) is 18.9. The molecule has 1 heterocycles. The summed E-state index contributed by atoms with van der Waals surface area (Å²) in [5.74, 6) is 0.765. The maximum atomic E-state index is 9.63. The van der Waals surface area contributed by atoms with Crippen LogP contribution in [0.3, 0.4) is 0 Å². The van der Waals surface area contributed by atoms with Crippen molar-refractivity contribution in [3.63, 3.8) is 0 Å². The van der Waals surface area contributed by atoms with Gasteiger partial charge in [0, 0.05) is 0 Å². The van der Waals surface area contributed by atoms with E-state index >= 15 is 0 Å². The summed E-state index contributed by atoms with van der Waals surface area (Å²) in [6.07, 6.45) is 10.6. The highest BCUT2D eigenvalue weighted by Gasteiger charge is 2.10. The van der Waals surface area contributed by atoms with E-state index in [1.807, 2.05) is 42.5 Å². The lowest BCUT2D eigenvalue weighted by atomic mass is 10.1. The van der Waals surface area contributed by atoms with E-state index < -0.39 is 0 Å². The summed E-state index contributed by atoms with van der Waals surface area (Å²) in [4.78, 5) is 4.57. The van der Waals surface area contributed by atoms with Gasteiger partial charge in [0.15, 0.2) is 0 Å². The second kappa shape index (κ2) is 11.7. The van der Waals surface area contributed by atoms with E-state index in [1.54, 1.807) is 6.08 Å². The molecule has 0 aliphatic carbocycles. The van der Waals surface area contributed by atoms with Crippen LogP contribution in [0.4, 0.5) is 0 Å². The van der Waals surface area contributed by atoms with Gasteiger partial charge < -0.3 is 4.74 Å². The predicted octanol–water partition coefficient (Wildman–Crippen LogP) is 8.14. The molecule has 0 bridgehead atoms. The SMILES string of the molecule is CCCCCCCCCOc1ccc(/C=C(/C#N)c2nc3ccccc3s2)c(Cl)c1. The van der Waals surface area contributed by atoms with Crippen molar-refractivity contribution in [3.8, 4) is 11.8 Å². The minimum atomic E-state index is 0.509. The van der Waals surface area contributed by atoms with Crippen LogP contribution < -0.4 is 4.74 Å². The number of unbranched alkanes of at least 4 members (excludes halogenated alkanes) is 6. The summed E-state index contributed by atoms with van der Waals surface area (Å²) in [6.45, 7) is 2.94. The molecule has 3 rings (SSSR count). The number of thiazole rings is 1. The van der Waals surface area contributed by atoms with Gasteiger partial charge in [-0.15, -0.1) is 11.3 Å². The van der Waals surface area contributed by atoms with Gasteiger partial charge in [0.2, 0.25) is 0 Å². The predicted molar refractivity (Wildman–Crippen MR) is 128 cm³/mol. The third kappa shape index (κ3) is 6.32. The first-order valence-electron chi connectivity index (χ1n) is 10.6. The Labute approximate surface area is 188 Å². The molecule has 3 aromatic rings. The number of rotatable bonds is 11. The van der Waals surface area contributed by atoms with Crippen LogP contribution in [0.5, 0.6) is 5.75 Å². The number of ether oxygens (including phenoxy) is 1. The molecule has 0 amide bonds. The van der Waals surface area contributed by atoms with Crippen LogP contribution in [-0.2, 0) is 0 Å². The number of nitrogens with zero attached hydrogens (tertiary/aromatic N) is 2. The van der Waals surface area contributed by atoms with E-state index in [0.29, 0.717) is 22.2 Å². The van der Waals surface area contributed by atoms with E-state index in [2.05, 4.69) is 18.0 Å². The van der Waals surface area contributed by atoms with Crippen LogP contribution in [0, 0.1) is 11.3 Å². The lowest BCUT2D eigenvalue weighted by molar-refractivity contribution is 0.304. The zero-order chi connectivity index (χ0) is 21.2. The first kappa shape index (κ1) is 22.3. The van der Waals surface area contributed by atoms with Gasteiger partial charge in [-0.25, -0.2) is 4.98 Å². The Kier molecular flexibility index (Phi) is 8.74. The van der Waals surface area contributed by atoms with Crippen molar-refractivity contribution in [1.82, 2.24) is 4.98 Å². The number of nitriles is 1. The van der Waals surface area contributed by atoms with E-state index in [0.717, 1.165) is 28.0 Å². The van der Waals surface area contributed by atoms with Crippen molar-refractivity contribution in [2.45, 2.75) is 51.9 Å². The van der Waals surface area contributed by atoms with E-state index in [1.165, 1.54) is 49.9 Å². The second-order valence-electron chi connectivity index (χ2n) is 7.31. The smallest absolute Gasteiger partial charge is 0.135 e. The molecule has 0 radical (unpaired) electrons. The van der Waals surface area contributed by atoms with Gasteiger partial charge in [0.25, 0.3) is 0 Å². The largest absolute Gasteiger partial charge is 0.494 e. The first-order chi connectivity index (χ1) is 14.7. The number of aromatic nitrogens is 1. The summed E-state index contributed by atoms with van der Waals surface area (Å²) in [7, 11) is 0. The fourth-order valence-corrected chi connectivity index (χ4v) is 4.41. The molecule has 0 unspecified atom stereocenters. The Balaban J connectivity index is 1.58. The minimum absolute atomic E-state index is 0.509. The van der Waals surface area contributed by atoms with Crippen molar-refractivity contribution in [2.75, 3.05) is 6.61 Å². The Morgan fingerprint density at radius 2 is 1.87 bits per heavy atom.